The third-order valence-corrected chi connectivity index (χ3v) is 7.38. The Morgan fingerprint density at radius 3 is 2.75 bits per heavy atom. The van der Waals surface area contributed by atoms with Gasteiger partial charge in [0, 0.05) is 30.7 Å². The lowest BCUT2D eigenvalue weighted by Gasteiger charge is -2.15. The molecule has 4 rings (SSSR count). The Kier molecular flexibility index (Phi) is 6.50. The molecule has 168 valence electrons. The van der Waals surface area contributed by atoms with E-state index < -0.39 is 8.07 Å². The maximum Gasteiger partial charge on any atom is 0.340 e. The number of hydrogen-bond acceptors (Lipinski definition) is 5. The van der Waals surface area contributed by atoms with Gasteiger partial charge in [0.2, 0.25) is 0 Å². The van der Waals surface area contributed by atoms with Crippen molar-refractivity contribution >= 4 is 52.0 Å². The molecule has 0 aliphatic rings. The van der Waals surface area contributed by atoms with Crippen LogP contribution < -0.4 is 0 Å². The first kappa shape index (κ1) is 22.7. The fraction of sp³-hybridized carbons (Fsp3) is 0.348. The summed E-state index contributed by atoms with van der Waals surface area (Å²) in [6.07, 6.45) is 3.71. The Hall–Kier alpha value is -2.49. The minimum Gasteiger partial charge on any atom is -0.462 e. The average Bonchev–Trinajstić information content (AvgIpc) is 3.32. The molecule has 0 radical (unpaired) electrons. The lowest BCUT2D eigenvalue weighted by atomic mass is 10.1. The second-order valence-corrected chi connectivity index (χ2v) is 15.4. The van der Waals surface area contributed by atoms with E-state index in [-0.39, 0.29) is 5.97 Å². The van der Waals surface area contributed by atoms with Gasteiger partial charge in [0.15, 0.2) is 0 Å². The van der Waals surface area contributed by atoms with E-state index in [0.29, 0.717) is 24.6 Å². The Morgan fingerprint density at radius 2 is 2.00 bits per heavy atom. The van der Waals surface area contributed by atoms with Crippen molar-refractivity contribution in [2.24, 2.45) is 0 Å². The van der Waals surface area contributed by atoms with Crippen LogP contribution in [-0.4, -0.2) is 46.6 Å². The van der Waals surface area contributed by atoms with Crippen molar-refractivity contribution in [2.45, 2.75) is 39.3 Å². The zero-order chi connectivity index (χ0) is 22.9. The van der Waals surface area contributed by atoms with Crippen molar-refractivity contribution in [3.05, 3.63) is 52.8 Å². The molecule has 9 heteroatoms. The van der Waals surface area contributed by atoms with Gasteiger partial charge in [0.05, 0.1) is 29.6 Å². The van der Waals surface area contributed by atoms with Crippen LogP contribution in [0.15, 0.2) is 47.2 Å². The summed E-state index contributed by atoms with van der Waals surface area (Å²) in [5.74, 6) is -0.380. The SMILES string of the molecule is CCOC(=O)c1ccc(Br)cc1-n1ncc2nc3c(ccn3COCC[Si](C)(C)C)cc21. The molecule has 0 atom stereocenters. The summed E-state index contributed by atoms with van der Waals surface area (Å²) in [7, 11) is -1.12. The fourth-order valence-electron chi connectivity index (χ4n) is 3.45. The molecule has 0 aliphatic heterocycles. The summed E-state index contributed by atoms with van der Waals surface area (Å²) >= 11 is 3.50. The minimum absolute atomic E-state index is 0.309. The molecule has 3 aromatic heterocycles. The van der Waals surface area contributed by atoms with Gasteiger partial charge in [0.25, 0.3) is 0 Å². The quantitative estimate of drug-likeness (QED) is 0.173. The first-order valence-electron chi connectivity index (χ1n) is 10.7. The molecule has 0 fully saturated rings. The molecule has 0 unspecified atom stereocenters. The lowest BCUT2D eigenvalue weighted by molar-refractivity contribution is 0.0526. The molecule has 0 saturated carbocycles. The van der Waals surface area contributed by atoms with Crippen molar-refractivity contribution in [3.8, 4) is 5.69 Å². The highest BCUT2D eigenvalue weighted by Gasteiger charge is 2.18. The van der Waals surface area contributed by atoms with Crippen LogP contribution in [0.4, 0.5) is 0 Å². The Morgan fingerprint density at radius 1 is 1.19 bits per heavy atom. The Bertz CT molecular complexity index is 1280. The van der Waals surface area contributed by atoms with E-state index in [2.05, 4.69) is 40.7 Å². The normalized spacial score (nSPS) is 12.0. The molecule has 0 amide bonds. The molecule has 0 aliphatic carbocycles. The number of hydrogen-bond donors (Lipinski definition) is 0. The second-order valence-electron chi connectivity index (χ2n) is 8.88. The van der Waals surface area contributed by atoms with E-state index >= 15 is 0 Å². The molecular weight excluding hydrogens is 488 g/mol. The molecular formula is C23H27BrN4O3Si. The molecule has 0 N–H and O–H groups in total. The number of nitrogens with zero attached hydrogens (tertiary/aromatic N) is 4. The van der Waals surface area contributed by atoms with E-state index in [9.17, 15) is 4.79 Å². The Balaban J connectivity index is 1.68. The van der Waals surface area contributed by atoms with Crippen LogP contribution >= 0.6 is 15.9 Å². The van der Waals surface area contributed by atoms with Gasteiger partial charge in [-0.15, -0.1) is 0 Å². The van der Waals surface area contributed by atoms with Crippen LogP contribution in [0.3, 0.4) is 0 Å². The maximum absolute atomic E-state index is 12.5. The van der Waals surface area contributed by atoms with Gasteiger partial charge in [-0.3, -0.25) is 0 Å². The minimum atomic E-state index is -1.12. The first-order chi connectivity index (χ1) is 15.3. The topological polar surface area (TPSA) is 71.2 Å². The van der Waals surface area contributed by atoms with Gasteiger partial charge in [-0.1, -0.05) is 35.6 Å². The number of carbonyl (C=O) groups is 1. The molecule has 3 heterocycles. The largest absolute Gasteiger partial charge is 0.462 e. The number of pyridine rings is 1. The predicted octanol–water partition coefficient (Wildman–Crippen LogP) is 5.63. The van der Waals surface area contributed by atoms with Crippen LogP contribution in [0.5, 0.6) is 0 Å². The maximum atomic E-state index is 12.5. The third kappa shape index (κ3) is 4.79. The summed E-state index contributed by atoms with van der Waals surface area (Å²) in [4.78, 5) is 17.3. The van der Waals surface area contributed by atoms with Gasteiger partial charge >= 0.3 is 5.97 Å². The van der Waals surface area contributed by atoms with Gasteiger partial charge in [-0.2, -0.15) is 5.10 Å². The van der Waals surface area contributed by atoms with E-state index in [0.717, 1.165) is 39.2 Å². The molecule has 32 heavy (non-hydrogen) atoms. The highest BCUT2D eigenvalue weighted by Crippen LogP contribution is 2.27. The summed E-state index contributed by atoms with van der Waals surface area (Å²) in [6, 6.07) is 10.6. The number of benzene rings is 1. The standard InChI is InChI=1S/C23H27BrN4O3Si/c1-5-31-23(29)18-7-6-17(24)13-20(18)28-21-12-16-8-9-27(15-30-10-11-32(2,3)4)22(16)26-19(21)14-25-28/h6-9,12-14H,5,10-11,15H2,1-4H3. The summed E-state index contributed by atoms with van der Waals surface area (Å²) in [6.45, 7) is 10.4. The van der Waals surface area contributed by atoms with Gasteiger partial charge in [-0.05, 0) is 43.3 Å². The van der Waals surface area contributed by atoms with Gasteiger partial charge < -0.3 is 14.0 Å². The number of ether oxygens (including phenoxy) is 2. The number of esters is 1. The van der Waals surface area contributed by atoms with Crippen LogP contribution in [0.2, 0.25) is 25.7 Å². The van der Waals surface area contributed by atoms with Crippen molar-refractivity contribution in [1.29, 1.82) is 0 Å². The van der Waals surface area contributed by atoms with Crippen LogP contribution in [0, 0.1) is 0 Å². The average molecular weight is 515 g/mol. The number of carbonyl (C=O) groups excluding carboxylic acids is 1. The molecule has 0 spiro atoms. The second kappa shape index (κ2) is 9.17. The monoisotopic (exact) mass is 514 g/mol. The van der Waals surface area contributed by atoms with Crippen LogP contribution in [-0.2, 0) is 16.2 Å². The molecule has 0 saturated heterocycles. The summed E-state index contributed by atoms with van der Waals surface area (Å²) in [5.41, 5.74) is 3.51. The Labute approximate surface area is 196 Å². The van der Waals surface area contributed by atoms with E-state index in [1.54, 1.807) is 23.9 Å². The smallest absolute Gasteiger partial charge is 0.340 e. The first-order valence-corrected chi connectivity index (χ1v) is 15.2. The van der Waals surface area contributed by atoms with Crippen LogP contribution in [0.1, 0.15) is 17.3 Å². The zero-order valence-corrected chi connectivity index (χ0v) is 21.3. The highest BCUT2D eigenvalue weighted by atomic mass is 79.9. The van der Waals surface area contributed by atoms with Crippen molar-refractivity contribution in [1.82, 2.24) is 19.3 Å². The van der Waals surface area contributed by atoms with Crippen molar-refractivity contribution < 1.29 is 14.3 Å². The van der Waals surface area contributed by atoms with E-state index in [1.807, 2.05) is 35.0 Å². The zero-order valence-electron chi connectivity index (χ0n) is 18.8. The number of rotatable bonds is 8. The molecule has 4 aromatic rings. The van der Waals surface area contributed by atoms with Crippen molar-refractivity contribution in [2.75, 3.05) is 13.2 Å². The molecule has 1 aromatic carbocycles. The number of fused-ring (bicyclic) bond motifs is 2. The number of halogens is 1. The third-order valence-electron chi connectivity index (χ3n) is 5.18. The highest BCUT2D eigenvalue weighted by molar-refractivity contribution is 9.10. The van der Waals surface area contributed by atoms with E-state index in [4.69, 9.17) is 14.5 Å². The number of aromatic nitrogens is 4. The van der Waals surface area contributed by atoms with Gasteiger partial charge in [-0.25, -0.2) is 14.5 Å². The van der Waals surface area contributed by atoms with E-state index in [1.165, 1.54) is 0 Å². The molecule has 7 nitrogen and oxygen atoms in total. The van der Waals surface area contributed by atoms with Gasteiger partial charge in [0.1, 0.15) is 17.9 Å². The van der Waals surface area contributed by atoms with Crippen molar-refractivity contribution in [3.63, 3.8) is 0 Å². The molecule has 0 bridgehead atoms. The van der Waals surface area contributed by atoms with Crippen LogP contribution in [0.25, 0.3) is 27.8 Å². The summed E-state index contributed by atoms with van der Waals surface area (Å²) in [5, 5.41) is 5.52. The summed E-state index contributed by atoms with van der Waals surface area (Å²) < 4.78 is 15.7. The lowest BCUT2D eigenvalue weighted by Crippen LogP contribution is -2.22. The fourth-order valence-corrected chi connectivity index (χ4v) is 4.56. The predicted molar refractivity (Wildman–Crippen MR) is 132 cm³/mol.